The molecule has 1 aromatic rings. The van der Waals surface area contributed by atoms with Crippen LogP contribution >= 0.6 is 0 Å². The molecule has 1 rings (SSSR count). The van der Waals surface area contributed by atoms with Gasteiger partial charge < -0.3 is 27.6 Å². The van der Waals surface area contributed by atoms with E-state index in [0.717, 1.165) is 0 Å². The first-order valence-electron chi connectivity index (χ1n) is 3.29. The fourth-order valence-corrected chi connectivity index (χ4v) is 0.870. The second-order valence-corrected chi connectivity index (χ2v) is 2.44. The largest absolute Gasteiger partial charge is 0.344 e. The smallest absolute Gasteiger partial charge is 0.279 e. The fraction of sp³-hybridized carbons (Fsp3) is 0.250. The van der Waals surface area contributed by atoms with Crippen molar-refractivity contribution in [3.63, 3.8) is 0 Å². The summed E-state index contributed by atoms with van der Waals surface area (Å²) in [6.07, 6.45) is -0.173. The van der Waals surface area contributed by atoms with E-state index in [2.05, 4.69) is 0 Å². The van der Waals surface area contributed by atoms with Crippen molar-refractivity contribution in [3.8, 4) is 0 Å². The van der Waals surface area contributed by atoms with E-state index >= 15 is 0 Å². The minimum atomic E-state index is -2.60. The van der Waals surface area contributed by atoms with Crippen molar-refractivity contribution in [3.05, 3.63) is 35.9 Å². The zero-order valence-electron chi connectivity index (χ0n) is 7.35. The molecular weight excluding hydrogens is 172 g/mol. The van der Waals surface area contributed by atoms with E-state index in [1.54, 1.807) is 24.3 Å². The van der Waals surface area contributed by atoms with Crippen LogP contribution in [0.4, 0.5) is 0 Å². The Morgan fingerprint density at radius 3 is 1.77 bits per heavy atom. The maximum Gasteiger partial charge on any atom is 0.279 e. The van der Waals surface area contributed by atoms with Crippen molar-refractivity contribution in [2.75, 3.05) is 0 Å². The second-order valence-electron chi connectivity index (χ2n) is 2.44. The molecule has 0 aliphatic carbocycles. The van der Waals surface area contributed by atoms with Crippen LogP contribution in [0.15, 0.2) is 30.3 Å². The molecule has 5 heteroatoms. The highest BCUT2D eigenvalue weighted by Crippen LogP contribution is 2.06. The van der Waals surface area contributed by atoms with Crippen LogP contribution in [0.2, 0.25) is 0 Å². The first-order valence-corrected chi connectivity index (χ1v) is 3.29. The Balaban J connectivity index is 0. The molecule has 0 unspecified atom stereocenters. The summed E-state index contributed by atoms with van der Waals surface area (Å²) in [6.45, 7) is 0. The van der Waals surface area contributed by atoms with Crippen LogP contribution in [0.25, 0.3) is 0 Å². The van der Waals surface area contributed by atoms with Crippen LogP contribution in [0.5, 0.6) is 0 Å². The molecule has 5 nitrogen and oxygen atoms in total. The summed E-state index contributed by atoms with van der Waals surface area (Å²) in [7, 11) is 0. The third-order valence-electron chi connectivity index (χ3n) is 1.28. The SMILES string of the molecule is N.N.OC(O)(O)Cc1ccccc1. The van der Waals surface area contributed by atoms with Gasteiger partial charge in [-0.25, -0.2) is 0 Å². The lowest BCUT2D eigenvalue weighted by Gasteiger charge is -2.13. The molecule has 0 atom stereocenters. The number of rotatable bonds is 2. The highest BCUT2D eigenvalue weighted by atomic mass is 16.7. The molecule has 0 saturated heterocycles. The van der Waals surface area contributed by atoms with Crippen LogP contribution in [-0.2, 0) is 6.42 Å². The standard InChI is InChI=1S/C8H10O3.2H3N/c9-8(10,11)6-7-4-2-1-3-5-7;;/h1-5,9-11H,6H2;2*1H3. The van der Waals surface area contributed by atoms with Crippen molar-refractivity contribution in [1.82, 2.24) is 12.3 Å². The molecule has 0 aliphatic heterocycles. The van der Waals surface area contributed by atoms with E-state index in [-0.39, 0.29) is 18.7 Å². The first-order chi connectivity index (χ1) is 5.08. The Labute approximate surface area is 76.8 Å². The van der Waals surface area contributed by atoms with E-state index in [1.807, 2.05) is 6.07 Å². The Bertz CT molecular complexity index is 221. The zero-order chi connectivity index (χ0) is 8.32. The Morgan fingerprint density at radius 2 is 1.38 bits per heavy atom. The average Bonchev–Trinajstić information content (AvgIpc) is 1.85. The summed E-state index contributed by atoms with van der Waals surface area (Å²) in [4.78, 5) is 0. The van der Waals surface area contributed by atoms with Gasteiger partial charge in [-0.3, -0.25) is 0 Å². The summed E-state index contributed by atoms with van der Waals surface area (Å²) in [5, 5.41) is 25.7. The lowest BCUT2D eigenvalue weighted by atomic mass is 10.1. The van der Waals surface area contributed by atoms with Gasteiger partial charge in [-0.05, 0) is 5.56 Å². The van der Waals surface area contributed by atoms with Gasteiger partial charge in [0.05, 0.1) is 6.42 Å². The molecule has 9 N–H and O–H groups in total. The average molecular weight is 188 g/mol. The maximum atomic E-state index is 8.58. The van der Waals surface area contributed by atoms with Crippen LogP contribution < -0.4 is 12.3 Å². The molecule has 0 saturated carbocycles. The predicted molar refractivity (Wildman–Crippen MR) is 49.6 cm³/mol. The lowest BCUT2D eigenvalue weighted by molar-refractivity contribution is -0.309. The first kappa shape index (κ1) is 14.5. The van der Waals surface area contributed by atoms with E-state index in [0.29, 0.717) is 5.56 Å². The topological polar surface area (TPSA) is 131 Å². The molecule has 0 amide bonds. The van der Waals surface area contributed by atoms with Crippen LogP contribution in [0.3, 0.4) is 0 Å². The van der Waals surface area contributed by atoms with E-state index in [4.69, 9.17) is 15.3 Å². The fourth-order valence-electron chi connectivity index (χ4n) is 0.870. The third-order valence-corrected chi connectivity index (χ3v) is 1.28. The van der Waals surface area contributed by atoms with Gasteiger partial charge >= 0.3 is 0 Å². The minimum absolute atomic E-state index is 0. The summed E-state index contributed by atoms with van der Waals surface area (Å²) < 4.78 is 0. The van der Waals surface area contributed by atoms with Crippen LogP contribution in [0.1, 0.15) is 5.56 Å². The quantitative estimate of drug-likeness (QED) is 0.422. The molecular formula is C8H16N2O3. The number of aliphatic hydroxyl groups is 3. The predicted octanol–water partition coefficient (Wildman–Crippen LogP) is 0.184. The van der Waals surface area contributed by atoms with E-state index in [9.17, 15) is 0 Å². The maximum absolute atomic E-state index is 8.58. The zero-order valence-corrected chi connectivity index (χ0v) is 7.35. The van der Waals surface area contributed by atoms with Crippen LogP contribution in [0, 0.1) is 0 Å². The van der Waals surface area contributed by atoms with Crippen molar-refractivity contribution >= 4 is 0 Å². The lowest BCUT2D eigenvalue weighted by Crippen LogP contribution is -2.29. The van der Waals surface area contributed by atoms with E-state index in [1.165, 1.54) is 0 Å². The summed E-state index contributed by atoms with van der Waals surface area (Å²) in [5.41, 5.74) is 0.681. The molecule has 0 fully saturated rings. The van der Waals surface area contributed by atoms with Gasteiger partial charge in [-0.15, -0.1) is 0 Å². The van der Waals surface area contributed by atoms with Gasteiger partial charge in [0.25, 0.3) is 5.97 Å². The number of benzene rings is 1. The van der Waals surface area contributed by atoms with Gasteiger partial charge in [0.15, 0.2) is 0 Å². The highest BCUT2D eigenvalue weighted by molar-refractivity contribution is 5.15. The van der Waals surface area contributed by atoms with Crippen molar-refractivity contribution in [1.29, 1.82) is 0 Å². The Kier molecular flexibility index (Phi) is 6.30. The van der Waals surface area contributed by atoms with Gasteiger partial charge in [-0.2, -0.15) is 0 Å². The normalized spacial score (nSPS) is 9.77. The molecule has 0 bridgehead atoms. The summed E-state index contributed by atoms with van der Waals surface area (Å²) in [5.74, 6) is -2.60. The van der Waals surface area contributed by atoms with Crippen LogP contribution in [-0.4, -0.2) is 21.3 Å². The second kappa shape index (κ2) is 5.63. The molecule has 0 aliphatic rings. The Morgan fingerprint density at radius 1 is 0.923 bits per heavy atom. The van der Waals surface area contributed by atoms with Gasteiger partial charge in [-0.1, -0.05) is 30.3 Å². The Hall–Kier alpha value is -0.980. The van der Waals surface area contributed by atoms with Crippen molar-refractivity contribution < 1.29 is 15.3 Å². The van der Waals surface area contributed by atoms with Gasteiger partial charge in [0.2, 0.25) is 0 Å². The molecule has 0 spiro atoms. The molecule has 0 aromatic heterocycles. The van der Waals surface area contributed by atoms with Gasteiger partial charge in [0, 0.05) is 0 Å². The van der Waals surface area contributed by atoms with Gasteiger partial charge in [0.1, 0.15) is 0 Å². The number of hydrogen-bond acceptors (Lipinski definition) is 5. The van der Waals surface area contributed by atoms with E-state index < -0.39 is 5.97 Å². The molecule has 0 radical (unpaired) electrons. The summed E-state index contributed by atoms with van der Waals surface area (Å²) in [6, 6.07) is 8.76. The molecule has 76 valence electrons. The van der Waals surface area contributed by atoms with Crippen molar-refractivity contribution in [2.24, 2.45) is 0 Å². The minimum Gasteiger partial charge on any atom is -0.344 e. The number of hydrogen-bond donors (Lipinski definition) is 5. The summed E-state index contributed by atoms with van der Waals surface area (Å²) >= 11 is 0. The molecule has 13 heavy (non-hydrogen) atoms. The molecule has 0 heterocycles. The molecule has 1 aromatic carbocycles. The monoisotopic (exact) mass is 188 g/mol. The highest BCUT2D eigenvalue weighted by Gasteiger charge is 2.17. The van der Waals surface area contributed by atoms with Crippen molar-refractivity contribution in [2.45, 2.75) is 12.4 Å². The third kappa shape index (κ3) is 6.21.